The van der Waals surface area contributed by atoms with Crippen LogP contribution in [0.1, 0.15) is 15.9 Å². The number of benzene rings is 2. The zero-order valence-electron chi connectivity index (χ0n) is 17.1. The maximum Gasteiger partial charge on any atom is 0.266 e. The smallest absolute Gasteiger partial charge is 0.266 e. The summed E-state index contributed by atoms with van der Waals surface area (Å²) in [5, 5.41) is 5.54. The van der Waals surface area contributed by atoms with E-state index in [1.54, 1.807) is 0 Å². The lowest BCUT2D eigenvalue weighted by Crippen LogP contribution is -2.47. The largest absolute Gasteiger partial charge is 0.360 e. The number of hydroxylamine groups is 1. The Hall–Kier alpha value is -2.66. The molecule has 0 radical (unpaired) electrons. The monoisotopic (exact) mass is 466 g/mol. The van der Waals surface area contributed by atoms with Crippen LogP contribution in [0.3, 0.4) is 0 Å². The lowest BCUT2D eigenvalue weighted by Gasteiger charge is -2.28. The molecule has 1 saturated heterocycles. The van der Waals surface area contributed by atoms with Crippen molar-refractivity contribution >= 4 is 39.1 Å². The van der Waals surface area contributed by atoms with Gasteiger partial charge in [0.05, 0.1) is 18.7 Å². The van der Waals surface area contributed by atoms with Crippen LogP contribution in [0, 0.1) is 0 Å². The average molecular weight is 467 g/mol. The van der Waals surface area contributed by atoms with Gasteiger partial charge in [0.2, 0.25) is 5.91 Å². The molecule has 3 rings (SSSR count). The highest BCUT2D eigenvalue weighted by Crippen LogP contribution is 2.25. The topological polar surface area (TPSA) is 108 Å². The number of carbonyl (C=O) groups is 2. The molecule has 166 valence electrons. The predicted octanol–water partition coefficient (Wildman–Crippen LogP) is 1.39. The fourth-order valence-corrected chi connectivity index (χ4v) is 4.52. The highest BCUT2D eigenvalue weighted by molar-refractivity contribution is 7.89. The lowest BCUT2D eigenvalue weighted by atomic mass is 10.1. The molecule has 2 N–H and O–H groups in total. The Morgan fingerprint density at radius 2 is 1.97 bits per heavy atom. The van der Waals surface area contributed by atoms with Crippen LogP contribution in [0.15, 0.2) is 47.4 Å². The van der Waals surface area contributed by atoms with Crippen molar-refractivity contribution in [1.29, 1.82) is 0 Å². The van der Waals surface area contributed by atoms with Gasteiger partial charge in [0.15, 0.2) is 0 Å². The van der Waals surface area contributed by atoms with Gasteiger partial charge in [0.1, 0.15) is 4.90 Å². The van der Waals surface area contributed by atoms with E-state index in [1.807, 2.05) is 29.2 Å². The number of sulfonamides is 1. The van der Waals surface area contributed by atoms with E-state index in [-0.39, 0.29) is 27.9 Å². The first-order chi connectivity index (χ1) is 14.7. The number of nitrogens with zero attached hydrogens (tertiary/aromatic N) is 2. The van der Waals surface area contributed by atoms with E-state index in [1.165, 1.54) is 32.4 Å². The van der Waals surface area contributed by atoms with E-state index in [4.69, 9.17) is 16.4 Å². The summed E-state index contributed by atoms with van der Waals surface area (Å²) in [5.74, 6) is -0.450. The van der Waals surface area contributed by atoms with Crippen molar-refractivity contribution in [2.75, 3.05) is 38.7 Å². The summed E-state index contributed by atoms with van der Waals surface area (Å²) < 4.78 is 25.6. The zero-order chi connectivity index (χ0) is 22.6. The third-order valence-corrected chi connectivity index (χ3v) is 7.02. The minimum atomic E-state index is -4.00. The molecule has 0 saturated carbocycles. The van der Waals surface area contributed by atoms with E-state index in [0.717, 1.165) is 17.8 Å². The first-order valence-electron chi connectivity index (χ1n) is 9.43. The second-order valence-electron chi connectivity index (χ2n) is 6.86. The van der Waals surface area contributed by atoms with Crippen LogP contribution in [-0.4, -0.2) is 58.5 Å². The number of nitrogens with one attached hydrogen (secondary N) is 2. The first kappa shape index (κ1) is 23.0. The number of hydrogen-bond donors (Lipinski definition) is 2. The van der Waals surface area contributed by atoms with Crippen LogP contribution < -0.4 is 15.5 Å². The lowest BCUT2D eigenvalue weighted by molar-refractivity contribution is -0.120. The van der Waals surface area contributed by atoms with Crippen molar-refractivity contribution in [3.8, 4) is 0 Å². The Bertz CT molecular complexity index is 1080. The quantitative estimate of drug-likeness (QED) is 0.597. The Morgan fingerprint density at radius 3 is 2.61 bits per heavy atom. The van der Waals surface area contributed by atoms with E-state index < -0.39 is 15.9 Å². The number of piperazine rings is 1. The van der Waals surface area contributed by atoms with Crippen molar-refractivity contribution in [2.45, 2.75) is 11.4 Å². The molecule has 1 heterocycles. The maximum atomic E-state index is 12.6. The molecule has 11 heteroatoms. The van der Waals surface area contributed by atoms with Gasteiger partial charge in [-0.05, 0) is 35.9 Å². The minimum Gasteiger partial charge on any atom is -0.360 e. The number of hydrogen-bond acceptors (Lipinski definition) is 6. The molecular weight excluding hydrogens is 444 g/mol. The van der Waals surface area contributed by atoms with Crippen molar-refractivity contribution < 1.29 is 22.8 Å². The molecule has 2 amide bonds. The maximum absolute atomic E-state index is 12.6. The van der Waals surface area contributed by atoms with Crippen molar-refractivity contribution in [3.05, 3.63) is 58.6 Å². The van der Waals surface area contributed by atoms with Gasteiger partial charge in [0, 0.05) is 37.9 Å². The van der Waals surface area contributed by atoms with Crippen LogP contribution >= 0.6 is 11.6 Å². The molecule has 0 aromatic heterocycles. The van der Waals surface area contributed by atoms with Gasteiger partial charge in [-0.3, -0.25) is 14.4 Å². The van der Waals surface area contributed by atoms with Crippen molar-refractivity contribution in [1.82, 2.24) is 15.1 Å². The molecule has 0 bridgehead atoms. The number of carbonyl (C=O) groups excluding carboxylic acids is 2. The summed E-state index contributed by atoms with van der Waals surface area (Å²) in [6.07, 6.45) is 0. The summed E-state index contributed by atoms with van der Waals surface area (Å²) in [6, 6.07) is 11.6. The Balaban J connectivity index is 1.67. The SMILES string of the molecule is CON(C)S(=O)(=O)c1cc(C(=O)NCc2ccc(N3CCNC(=O)C3)cc2)ccc1Cl. The van der Waals surface area contributed by atoms with Crippen LogP contribution in [0.25, 0.3) is 0 Å². The molecule has 0 unspecified atom stereocenters. The fourth-order valence-electron chi connectivity index (χ4n) is 3.05. The van der Waals surface area contributed by atoms with Gasteiger partial charge in [-0.25, -0.2) is 8.42 Å². The van der Waals surface area contributed by atoms with Gasteiger partial charge in [-0.2, -0.15) is 0 Å². The Kier molecular flexibility index (Phi) is 7.16. The Morgan fingerprint density at radius 1 is 1.26 bits per heavy atom. The molecule has 2 aromatic rings. The number of halogens is 1. The predicted molar refractivity (Wildman–Crippen MR) is 116 cm³/mol. The Labute approximate surface area is 185 Å². The molecule has 31 heavy (non-hydrogen) atoms. The van der Waals surface area contributed by atoms with Gasteiger partial charge >= 0.3 is 0 Å². The van der Waals surface area contributed by atoms with Gasteiger partial charge in [-0.15, -0.1) is 0 Å². The van der Waals surface area contributed by atoms with E-state index in [0.29, 0.717) is 17.6 Å². The number of rotatable bonds is 7. The van der Waals surface area contributed by atoms with Crippen LogP contribution in [0.2, 0.25) is 5.02 Å². The van der Waals surface area contributed by atoms with Crippen molar-refractivity contribution in [3.63, 3.8) is 0 Å². The summed E-state index contributed by atoms with van der Waals surface area (Å²) >= 11 is 6.03. The van der Waals surface area contributed by atoms with Gasteiger partial charge in [0.25, 0.3) is 15.9 Å². The molecule has 2 aromatic carbocycles. The zero-order valence-corrected chi connectivity index (χ0v) is 18.7. The summed E-state index contributed by atoms with van der Waals surface area (Å²) in [6.45, 7) is 1.91. The molecule has 0 spiro atoms. The molecule has 0 aliphatic carbocycles. The number of anilines is 1. The second kappa shape index (κ2) is 9.65. The highest BCUT2D eigenvalue weighted by atomic mass is 35.5. The normalized spacial score (nSPS) is 14.5. The standard InChI is InChI=1S/C20H23ClN4O5S/c1-24(30-2)31(28,29)18-11-15(5-8-17(18)21)20(27)23-12-14-3-6-16(7-4-14)25-10-9-22-19(26)13-25/h3-8,11H,9-10,12-13H2,1-2H3,(H,22,26)(H,23,27). The first-order valence-corrected chi connectivity index (χ1v) is 11.3. The summed E-state index contributed by atoms with van der Waals surface area (Å²) in [4.78, 5) is 30.6. The van der Waals surface area contributed by atoms with Crippen LogP contribution in [0.4, 0.5) is 5.69 Å². The average Bonchev–Trinajstić information content (AvgIpc) is 2.77. The third kappa shape index (κ3) is 5.34. The third-order valence-electron chi connectivity index (χ3n) is 4.86. The summed E-state index contributed by atoms with van der Waals surface area (Å²) in [7, 11) is -1.55. The van der Waals surface area contributed by atoms with E-state index in [9.17, 15) is 18.0 Å². The molecule has 1 aliphatic heterocycles. The van der Waals surface area contributed by atoms with Crippen LogP contribution in [0.5, 0.6) is 0 Å². The fraction of sp³-hybridized carbons (Fsp3) is 0.300. The molecule has 9 nitrogen and oxygen atoms in total. The van der Waals surface area contributed by atoms with Gasteiger partial charge in [-0.1, -0.05) is 28.2 Å². The second-order valence-corrected chi connectivity index (χ2v) is 9.17. The van der Waals surface area contributed by atoms with E-state index >= 15 is 0 Å². The molecular formula is C20H23ClN4O5S. The van der Waals surface area contributed by atoms with Crippen molar-refractivity contribution in [2.24, 2.45) is 0 Å². The van der Waals surface area contributed by atoms with Crippen LogP contribution in [-0.2, 0) is 26.2 Å². The highest BCUT2D eigenvalue weighted by Gasteiger charge is 2.25. The molecule has 1 aliphatic rings. The minimum absolute atomic E-state index is 0.0105. The van der Waals surface area contributed by atoms with E-state index in [2.05, 4.69) is 10.6 Å². The van der Waals surface area contributed by atoms with Gasteiger partial charge < -0.3 is 15.5 Å². The molecule has 0 atom stereocenters. The number of amides is 2. The molecule has 1 fully saturated rings. The summed E-state index contributed by atoms with van der Waals surface area (Å²) in [5.41, 5.74) is 1.95.